The van der Waals surface area contributed by atoms with Crippen LogP contribution >= 0.6 is 27.7 Å². The Bertz CT molecular complexity index is 364. The van der Waals surface area contributed by atoms with Crippen LogP contribution < -0.4 is 11.1 Å². The summed E-state index contributed by atoms with van der Waals surface area (Å²) in [7, 11) is 0. The molecule has 0 saturated carbocycles. The Balaban J connectivity index is 1.77. The number of hydrogen-bond donors (Lipinski definition) is 2. The second kappa shape index (κ2) is 6.66. The molecule has 0 radical (unpaired) electrons. The lowest BCUT2D eigenvalue weighted by atomic mass is 9.96. The van der Waals surface area contributed by atoms with Crippen molar-refractivity contribution >= 4 is 33.4 Å². The highest BCUT2D eigenvalue weighted by atomic mass is 79.9. The van der Waals surface area contributed by atoms with Gasteiger partial charge in [0.15, 0.2) is 0 Å². The van der Waals surface area contributed by atoms with Crippen molar-refractivity contribution < 1.29 is 0 Å². The zero-order chi connectivity index (χ0) is 12.1. The number of nitrogens with two attached hydrogens (primary N) is 1. The summed E-state index contributed by atoms with van der Waals surface area (Å²) in [6.07, 6.45) is 4.00. The minimum atomic E-state index is 0.819. The number of nitrogens with one attached hydrogen (secondary N) is 1. The summed E-state index contributed by atoms with van der Waals surface area (Å²) in [4.78, 5) is 1.30. The van der Waals surface area contributed by atoms with Crippen LogP contribution in [-0.4, -0.2) is 18.8 Å². The highest BCUT2D eigenvalue weighted by Crippen LogP contribution is 2.31. The number of benzene rings is 1. The van der Waals surface area contributed by atoms with Gasteiger partial charge in [-0.2, -0.15) is 0 Å². The van der Waals surface area contributed by atoms with Crippen LogP contribution in [0.4, 0.5) is 5.69 Å². The Morgan fingerprint density at radius 2 is 2.12 bits per heavy atom. The van der Waals surface area contributed by atoms with Crippen LogP contribution in [0.15, 0.2) is 27.6 Å². The van der Waals surface area contributed by atoms with Gasteiger partial charge in [-0.25, -0.2) is 0 Å². The fourth-order valence-electron chi connectivity index (χ4n) is 2.14. The van der Waals surface area contributed by atoms with Gasteiger partial charge in [-0.15, -0.1) is 11.8 Å². The molecule has 4 heteroatoms. The van der Waals surface area contributed by atoms with E-state index in [0.717, 1.165) is 16.1 Å². The van der Waals surface area contributed by atoms with Crippen LogP contribution in [0, 0.1) is 5.92 Å². The summed E-state index contributed by atoms with van der Waals surface area (Å²) in [5.41, 5.74) is 6.55. The number of anilines is 1. The van der Waals surface area contributed by atoms with E-state index in [1.54, 1.807) is 0 Å². The molecule has 1 saturated heterocycles. The lowest BCUT2D eigenvalue weighted by Crippen LogP contribution is -2.27. The van der Waals surface area contributed by atoms with Gasteiger partial charge in [-0.3, -0.25) is 0 Å². The summed E-state index contributed by atoms with van der Waals surface area (Å²) in [5, 5.41) is 3.41. The first kappa shape index (κ1) is 13.2. The van der Waals surface area contributed by atoms with Crippen LogP contribution in [-0.2, 0) is 0 Å². The summed E-state index contributed by atoms with van der Waals surface area (Å²) in [5.74, 6) is 2.11. The van der Waals surface area contributed by atoms with E-state index in [1.807, 2.05) is 23.9 Å². The number of rotatable bonds is 4. The molecule has 1 aromatic carbocycles. The van der Waals surface area contributed by atoms with Crippen molar-refractivity contribution in [3.05, 3.63) is 22.7 Å². The quantitative estimate of drug-likeness (QED) is 0.659. The lowest BCUT2D eigenvalue weighted by molar-refractivity contribution is 0.367. The van der Waals surface area contributed by atoms with Gasteiger partial charge in [0.1, 0.15) is 0 Å². The first-order chi connectivity index (χ1) is 8.25. The SMILES string of the molecule is Nc1ccc(SCCC2CCNCC2)c(Br)c1. The molecule has 0 bridgehead atoms. The summed E-state index contributed by atoms with van der Waals surface area (Å²) < 4.78 is 1.12. The molecule has 0 unspecified atom stereocenters. The molecule has 17 heavy (non-hydrogen) atoms. The second-order valence-electron chi connectivity index (χ2n) is 4.52. The van der Waals surface area contributed by atoms with Crippen molar-refractivity contribution in [3.8, 4) is 0 Å². The average Bonchev–Trinajstić information content (AvgIpc) is 2.33. The van der Waals surface area contributed by atoms with Gasteiger partial charge in [-0.05, 0) is 78.2 Å². The van der Waals surface area contributed by atoms with Crippen molar-refractivity contribution in [2.75, 3.05) is 24.6 Å². The normalized spacial score (nSPS) is 17.2. The highest BCUT2D eigenvalue weighted by molar-refractivity contribution is 9.10. The first-order valence-electron chi connectivity index (χ1n) is 6.14. The highest BCUT2D eigenvalue weighted by Gasteiger charge is 2.12. The molecule has 2 nitrogen and oxygen atoms in total. The molecular weight excluding hydrogens is 296 g/mol. The maximum absolute atomic E-state index is 5.73. The van der Waals surface area contributed by atoms with E-state index in [-0.39, 0.29) is 0 Å². The van der Waals surface area contributed by atoms with Crippen molar-refractivity contribution in [1.82, 2.24) is 5.32 Å². The molecule has 0 spiro atoms. The number of halogens is 1. The topological polar surface area (TPSA) is 38.0 Å². The van der Waals surface area contributed by atoms with E-state index in [2.05, 4.69) is 27.3 Å². The summed E-state index contributed by atoms with van der Waals surface area (Å²) in [6, 6.07) is 6.05. The third kappa shape index (κ3) is 4.19. The predicted octanol–water partition coefficient (Wildman–Crippen LogP) is 3.51. The third-order valence-corrected chi connectivity index (χ3v) is 5.22. The largest absolute Gasteiger partial charge is 0.399 e. The summed E-state index contributed by atoms with van der Waals surface area (Å²) >= 11 is 5.49. The van der Waals surface area contributed by atoms with E-state index < -0.39 is 0 Å². The summed E-state index contributed by atoms with van der Waals surface area (Å²) in [6.45, 7) is 2.39. The van der Waals surface area contributed by atoms with Crippen LogP contribution in [0.5, 0.6) is 0 Å². The van der Waals surface area contributed by atoms with E-state index in [4.69, 9.17) is 5.73 Å². The molecule has 0 amide bonds. The molecule has 1 aliphatic heterocycles. The molecule has 1 heterocycles. The minimum Gasteiger partial charge on any atom is -0.399 e. The van der Waals surface area contributed by atoms with Gasteiger partial charge >= 0.3 is 0 Å². The first-order valence-corrected chi connectivity index (χ1v) is 7.92. The van der Waals surface area contributed by atoms with Gasteiger partial charge in [0, 0.05) is 15.1 Å². The molecule has 1 aliphatic rings. The van der Waals surface area contributed by atoms with Crippen molar-refractivity contribution in [3.63, 3.8) is 0 Å². The van der Waals surface area contributed by atoms with Gasteiger partial charge in [0.05, 0.1) is 0 Å². The number of piperidine rings is 1. The van der Waals surface area contributed by atoms with Crippen LogP contribution in [0.1, 0.15) is 19.3 Å². The molecule has 0 aromatic heterocycles. The second-order valence-corrected chi connectivity index (χ2v) is 6.51. The number of hydrogen-bond acceptors (Lipinski definition) is 3. The molecule has 0 aliphatic carbocycles. The fourth-order valence-corrected chi connectivity index (χ4v) is 3.91. The van der Waals surface area contributed by atoms with E-state index in [0.29, 0.717) is 0 Å². The van der Waals surface area contributed by atoms with Crippen molar-refractivity contribution in [2.45, 2.75) is 24.2 Å². The zero-order valence-corrected chi connectivity index (χ0v) is 12.3. The van der Waals surface area contributed by atoms with Crippen molar-refractivity contribution in [2.24, 2.45) is 5.92 Å². The van der Waals surface area contributed by atoms with Gasteiger partial charge in [-0.1, -0.05) is 0 Å². The van der Waals surface area contributed by atoms with Gasteiger partial charge in [0.25, 0.3) is 0 Å². The van der Waals surface area contributed by atoms with Crippen LogP contribution in [0.3, 0.4) is 0 Å². The zero-order valence-electron chi connectivity index (χ0n) is 9.92. The average molecular weight is 315 g/mol. The van der Waals surface area contributed by atoms with Crippen molar-refractivity contribution in [1.29, 1.82) is 0 Å². The minimum absolute atomic E-state index is 0.819. The third-order valence-electron chi connectivity index (χ3n) is 3.20. The fraction of sp³-hybridized carbons (Fsp3) is 0.538. The molecule has 3 N–H and O–H groups in total. The molecule has 0 atom stereocenters. The monoisotopic (exact) mass is 314 g/mol. The van der Waals surface area contributed by atoms with E-state index in [1.165, 1.54) is 43.0 Å². The van der Waals surface area contributed by atoms with E-state index in [9.17, 15) is 0 Å². The molecule has 1 fully saturated rings. The Morgan fingerprint density at radius 3 is 2.82 bits per heavy atom. The Labute approximate surface area is 116 Å². The molecular formula is C13H19BrN2S. The standard InChI is InChI=1S/C13H19BrN2S/c14-12-9-11(15)1-2-13(12)17-8-5-10-3-6-16-7-4-10/h1-2,9-10,16H,3-8,15H2. The Kier molecular flexibility index (Phi) is 5.19. The van der Waals surface area contributed by atoms with Crippen LogP contribution in [0.25, 0.3) is 0 Å². The maximum atomic E-state index is 5.73. The predicted molar refractivity (Wildman–Crippen MR) is 79.5 cm³/mol. The number of thioether (sulfide) groups is 1. The molecule has 94 valence electrons. The maximum Gasteiger partial charge on any atom is 0.0331 e. The molecule has 1 aromatic rings. The van der Waals surface area contributed by atoms with Crippen LogP contribution in [0.2, 0.25) is 0 Å². The van der Waals surface area contributed by atoms with E-state index >= 15 is 0 Å². The lowest BCUT2D eigenvalue weighted by Gasteiger charge is -2.22. The Morgan fingerprint density at radius 1 is 1.35 bits per heavy atom. The van der Waals surface area contributed by atoms with Gasteiger partial charge in [0.2, 0.25) is 0 Å². The smallest absolute Gasteiger partial charge is 0.0331 e. The van der Waals surface area contributed by atoms with Gasteiger partial charge < -0.3 is 11.1 Å². The Hall–Kier alpha value is -0.190. The number of nitrogen functional groups attached to an aromatic ring is 1. The molecule has 2 rings (SSSR count).